The van der Waals surface area contributed by atoms with Crippen LogP contribution in [0.4, 0.5) is 0 Å². The fourth-order valence-corrected chi connectivity index (χ4v) is 1.79. The molecule has 0 spiro atoms. The second kappa shape index (κ2) is 6.93. The van der Waals surface area contributed by atoms with Gasteiger partial charge in [0.15, 0.2) is 11.5 Å². The van der Waals surface area contributed by atoms with Gasteiger partial charge < -0.3 is 13.9 Å². The lowest BCUT2D eigenvalue weighted by Gasteiger charge is -2.03. The number of benzene rings is 1. The summed E-state index contributed by atoms with van der Waals surface area (Å²) in [6, 6.07) is 5.58. The smallest absolute Gasteiger partial charge is 0.306 e. The Morgan fingerprint density at radius 3 is 3.00 bits per heavy atom. The van der Waals surface area contributed by atoms with E-state index in [1.54, 1.807) is 0 Å². The van der Waals surface area contributed by atoms with Gasteiger partial charge in [0.25, 0.3) is 0 Å². The Morgan fingerprint density at radius 1 is 1.40 bits per heavy atom. The second-order valence-corrected chi connectivity index (χ2v) is 4.52. The van der Waals surface area contributed by atoms with Crippen molar-refractivity contribution in [1.29, 1.82) is 0 Å². The number of fused-ring (bicyclic) bond motifs is 1. The van der Waals surface area contributed by atoms with E-state index in [1.807, 2.05) is 18.2 Å². The van der Waals surface area contributed by atoms with Crippen LogP contribution in [-0.2, 0) is 16.0 Å². The van der Waals surface area contributed by atoms with Crippen LogP contribution in [-0.4, -0.2) is 24.7 Å². The zero-order valence-electron chi connectivity index (χ0n) is 11.8. The average molecular weight is 277 g/mol. The summed E-state index contributed by atoms with van der Waals surface area (Å²) in [7, 11) is 1.37. The number of hydrogen-bond donors (Lipinski definition) is 0. The van der Waals surface area contributed by atoms with Gasteiger partial charge in [0.1, 0.15) is 11.3 Å². The van der Waals surface area contributed by atoms with Gasteiger partial charge in [-0.25, -0.2) is 4.98 Å². The van der Waals surface area contributed by atoms with E-state index in [4.69, 9.17) is 9.15 Å². The van der Waals surface area contributed by atoms with Crippen LogP contribution in [0.25, 0.3) is 11.1 Å². The van der Waals surface area contributed by atoms with E-state index in [1.165, 1.54) is 7.11 Å². The van der Waals surface area contributed by atoms with Gasteiger partial charge in [0, 0.05) is 12.5 Å². The van der Waals surface area contributed by atoms with Crippen molar-refractivity contribution in [3.8, 4) is 5.75 Å². The number of ether oxygens (including phenoxy) is 2. The third kappa shape index (κ3) is 3.73. The number of carbonyl (C=O) groups excluding carboxylic acids is 1. The molecule has 0 saturated carbocycles. The van der Waals surface area contributed by atoms with E-state index < -0.39 is 0 Å². The van der Waals surface area contributed by atoms with Crippen LogP contribution < -0.4 is 4.74 Å². The van der Waals surface area contributed by atoms with Crippen LogP contribution in [0.5, 0.6) is 5.75 Å². The molecule has 0 unspecified atom stereocenters. The number of carbonyl (C=O) groups is 1. The predicted octanol–water partition coefficient (Wildman–Crippen LogP) is 3.11. The first-order chi connectivity index (χ1) is 9.72. The van der Waals surface area contributed by atoms with Gasteiger partial charge >= 0.3 is 5.97 Å². The molecule has 0 atom stereocenters. The molecule has 1 aromatic heterocycles. The van der Waals surface area contributed by atoms with Crippen molar-refractivity contribution >= 4 is 17.1 Å². The number of aryl methyl sites for hydroxylation is 1. The highest BCUT2D eigenvalue weighted by Gasteiger charge is 2.09. The van der Waals surface area contributed by atoms with Gasteiger partial charge in [-0.05, 0) is 18.6 Å². The average Bonchev–Trinajstić information content (AvgIpc) is 2.87. The number of aromatic nitrogens is 1. The van der Waals surface area contributed by atoms with Crippen molar-refractivity contribution in [2.75, 3.05) is 13.7 Å². The van der Waals surface area contributed by atoms with E-state index in [0.717, 1.165) is 24.1 Å². The molecule has 0 aliphatic heterocycles. The van der Waals surface area contributed by atoms with Crippen LogP contribution in [0.15, 0.2) is 22.6 Å². The van der Waals surface area contributed by atoms with Crippen molar-refractivity contribution in [1.82, 2.24) is 4.98 Å². The lowest BCUT2D eigenvalue weighted by atomic mass is 10.3. The highest BCUT2D eigenvalue weighted by Crippen LogP contribution is 2.22. The monoisotopic (exact) mass is 277 g/mol. The summed E-state index contributed by atoms with van der Waals surface area (Å²) >= 11 is 0. The quantitative estimate of drug-likeness (QED) is 0.575. The number of esters is 1. The van der Waals surface area contributed by atoms with Crippen LogP contribution >= 0.6 is 0 Å². The normalized spacial score (nSPS) is 10.7. The van der Waals surface area contributed by atoms with Gasteiger partial charge in [-0.15, -0.1) is 0 Å². The highest BCUT2D eigenvalue weighted by molar-refractivity contribution is 5.74. The first-order valence-electron chi connectivity index (χ1n) is 6.82. The van der Waals surface area contributed by atoms with Gasteiger partial charge in [0.05, 0.1) is 20.1 Å². The molecule has 5 heteroatoms. The molecule has 0 aliphatic rings. The molecule has 20 heavy (non-hydrogen) atoms. The summed E-state index contributed by atoms with van der Waals surface area (Å²) < 4.78 is 15.8. The standard InChI is InChI=1S/C15H19NO4/c1-3-4-9-19-11-5-6-12-13(10-11)20-14(16-12)7-8-15(17)18-2/h5-6,10H,3-4,7-9H2,1-2H3. The summed E-state index contributed by atoms with van der Waals surface area (Å²) in [5.41, 5.74) is 1.45. The largest absolute Gasteiger partial charge is 0.493 e. The number of nitrogens with zero attached hydrogens (tertiary/aromatic N) is 1. The molecule has 0 radical (unpaired) electrons. The van der Waals surface area contributed by atoms with Crippen LogP contribution in [0.3, 0.4) is 0 Å². The summed E-state index contributed by atoms with van der Waals surface area (Å²) in [6.45, 7) is 2.82. The summed E-state index contributed by atoms with van der Waals surface area (Å²) in [4.78, 5) is 15.4. The lowest BCUT2D eigenvalue weighted by molar-refractivity contribution is -0.140. The van der Waals surface area contributed by atoms with E-state index in [9.17, 15) is 4.79 Å². The number of unbranched alkanes of at least 4 members (excludes halogenated alkanes) is 1. The maximum Gasteiger partial charge on any atom is 0.306 e. The van der Waals surface area contributed by atoms with Crippen molar-refractivity contribution in [2.24, 2.45) is 0 Å². The first-order valence-corrected chi connectivity index (χ1v) is 6.82. The van der Waals surface area contributed by atoms with Gasteiger partial charge in [0.2, 0.25) is 0 Å². The maximum atomic E-state index is 11.1. The summed E-state index contributed by atoms with van der Waals surface area (Å²) in [5, 5.41) is 0. The molecular formula is C15H19NO4. The zero-order chi connectivity index (χ0) is 14.4. The molecule has 0 bridgehead atoms. The Balaban J connectivity index is 2.03. The number of rotatable bonds is 7. The minimum Gasteiger partial charge on any atom is -0.493 e. The minimum absolute atomic E-state index is 0.267. The maximum absolute atomic E-state index is 11.1. The molecular weight excluding hydrogens is 258 g/mol. The Morgan fingerprint density at radius 2 is 2.25 bits per heavy atom. The molecule has 1 aromatic carbocycles. The van der Waals surface area contributed by atoms with Crippen molar-refractivity contribution < 1.29 is 18.7 Å². The van der Waals surface area contributed by atoms with E-state index in [-0.39, 0.29) is 12.4 Å². The summed E-state index contributed by atoms with van der Waals surface area (Å²) in [5.74, 6) is 1.05. The predicted molar refractivity (Wildman–Crippen MR) is 74.7 cm³/mol. The number of methoxy groups -OCH3 is 1. The van der Waals surface area contributed by atoms with E-state index >= 15 is 0 Å². The third-order valence-electron chi connectivity index (χ3n) is 2.94. The van der Waals surface area contributed by atoms with Gasteiger partial charge in [-0.2, -0.15) is 0 Å². The molecule has 0 saturated heterocycles. The van der Waals surface area contributed by atoms with Crippen molar-refractivity contribution in [3.05, 3.63) is 24.1 Å². The second-order valence-electron chi connectivity index (χ2n) is 4.52. The SMILES string of the molecule is CCCCOc1ccc2nc(CCC(=O)OC)oc2c1. The molecule has 2 aromatic rings. The Kier molecular flexibility index (Phi) is 4.98. The molecule has 2 rings (SSSR count). The zero-order valence-corrected chi connectivity index (χ0v) is 11.8. The highest BCUT2D eigenvalue weighted by atomic mass is 16.5. The molecule has 5 nitrogen and oxygen atoms in total. The van der Waals surface area contributed by atoms with E-state index in [2.05, 4.69) is 16.6 Å². The fourth-order valence-electron chi connectivity index (χ4n) is 1.79. The van der Waals surface area contributed by atoms with Crippen LogP contribution in [0.2, 0.25) is 0 Å². The van der Waals surface area contributed by atoms with Gasteiger partial charge in [-0.3, -0.25) is 4.79 Å². The van der Waals surface area contributed by atoms with Crippen molar-refractivity contribution in [3.63, 3.8) is 0 Å². The van der Waals surface area contributed by atoms with Gasteiger partial charge in [-0.1, -0.05) is 13.3 Å². The van der Waals surface area contributed by atoms with E-state index in [0.29, 0.717) is 24.5 Å². The number of oxazole rings is 1. The third-order valence-corrected chi connectivity index (χ3v) is 2.94. The molecule has 0 aliphatic carbocycles. The van der Waals surface area contributed by atoms with Crippen molar-refractivity contribution in [2.45, 2.75) is 32.6 Å². The molecule has 0 fully saturated rings. The van der Waals surface area contributed by atoms with Crippen LogP contribution in [0.1, 0.15) is 32.1 Å². The topological polar surface area (TPSA) is 61.6 Å². The molecule has 1 heterocycles. The number of hydrogen-bond acceptors (Lipinski definition) is 5. The molecule has 108 valence electrons. The Labute approximate surface area is 117 Å². The fraction of sp³-hybridized carbons (Fsp3) is 0.467. The molecule has 0 N–H and O–H groups in total. The minimum atomic E-state index is -0.268. The summed E-state index contributed by atoms with van der Waals surface area (Å²) in [6.07, 6.45) is 2.83. The Hall–Kier alpha value is -2.04. The molecule has 0 amide bonds. The first kappa shape index (κ1) is 14.4. The van der Waals surface area contributed by atoms with Crippen LogP contribution in [0, 0.1) is 0 Å². The lowest BCUT2D eigenvalue weighted by Crippen LogP contribution is -2.01. The Bertz CT molecular complexity index is 576.